The Bertz CT molecular complexity index is 287. The number of ether oxygens (including phenoxy) is 1. The van der Waals surface area contributed by atoms with E-state index in [0.29, 0.717) is 5.82 Å². The normalized spacial score (nSPS) is 11.4. The number of hydrogen-bond acceptors (Lipinski definition) is 3. The van der Waals surface area contributed by atoms with E-state index in [0.717, 1.165) is 0 Å². The summed E-state index contributed by atoms with van der Waals surface area (Å²) in [5.74, 6) is 0.310. The van der Waals surface area contributed by atoms with E-state index < -0.39 is 12.8 Å². The van der Waals surface area contributed by atoms with Crippen LogP contribution in [0.25, 0.3) is 0 Å². The fraction of sp³-hybridized carbons (Fsp3) is 0.429. The fourth-order valence-corrected chi connectivity index (χ4v) is 0.671. The highest BCUT2D eigenvalue weighted by atomic mass is 19.4. The van der Waals surface area contributed by atoms with Crippen molar-refractivity contribution in [2.45, 2.75) is 13.1 Å². The van der Waals surface area contributed by atoms with Crippen molar-refractivity contribution in [1.82, 2.24) is 9.97 Å². The van der Waals surface area contributed by atoms with Crippen LogP contribution in [0.5, 0.6) is 5.88 Å². The monoisotopic (exact) mass is 192 g/mol. The van der Waals surface area contributed by atoms with Crippen molar-refractivity contribution in [2.75, 3.05) is 6.61 Å². The van der Waals surface area contributed by atoms with Gasteiger partial charge in [0.25, 0.3) is 0 Å². The lowest BCUT2D eigenvalue weighted by Crippen LogP contribution is -2.19. The number of hydrogen-bond donors (Lipinski definition) is 0. The van der Waals surface area contributed by atoms with Crippen LogP contribution in [0.4, 0.5) is 13.2 Å². The minimum absolute atomic E-state index is 0.0650. The quantitative estimate of drug-likeness (QED) is 0.715. The molecule has 13 heavy (non-hydrogen) atoms. The van der Waals surface area contributed by atoms with Crippen molar-refractivity contribution in [1.29, 1.82) is 0 Å². The van der Waals surface area contributed by atoms with Crippen LogP contribution in [-0.2, 0) is 0 Å². The van der Waals surface area contributed by atoms with Crippen LogP contribution in [0.1, 0.15) is 5.82 Å². The maximum atomic E-state index is 11.7. The molecule has 1 aromatic rings. The lowest BCUT2D eigenvalue weighted by Gasteiger charge is -2.07. The van der Waals surface area contributed by atoms with Crippen molar-refractivity contribution >= 4 is 0 Å². The summed E-state index contributed by atoms with van der Waals surface area (Å²) < 4.78 is 39.4. The first-order chi connectivity index (χ1) is 5.97. The van der Waals surface area contributed by atoms with Crippen LogP contribution in [-0.4, -0.2) is 22.8 Å². The molecule has 1 aromatic heterocycles. The highest BCUT2D eigenvalue weighted by molar-refractivity contribution is 5.07. The van der Waals surface area contributed by atoms with E-state index in [9.17, 15) is 13.2 Å². The van der Waals surface area contributed by atoms with Gasteiger partial charge in [-0.1, -0.05) is 0 Å². The molecule has 3 nitrogen and oxygen atoms in total. The van der Waals surface area contributed by atoms with Crippen LogP contribution < -0.4 is 4.74 Å². The molecule has 1 rings (SSSR count). The number of halogens is 3. The van der Waals surface area contributed by atoms with Gasteiger partial charge in [0.1, 0.15) is 5.82 Å². The summed E-state index contributed by atoms with van der Waals surface area (Å²) in [6.45, 7) is 0.240. The minimum Gasteiger partial charge on any atom is -0.468 e. The zero-order chi connectivity index (χ0) is 9.90. The number of aryl methyl sites for hydroxylation is 1. The van der Waals surface area contributed by atoms with Gasteiger partial charge in [-0.2, -0.15) is 18.2 Å². The van der Waals surface area contributed by atoms with Crippen LogP contribution >= 0.6 is 0 Å². The number of alkyl halides is 3. The molecule has 6 heteroatoms. The molecule has 0 atom stereocenters. The molecule has 0 fully saturated rings. The van der Waals surface area contributed by atoms with E-state index >= 15 is 0 Å². The molecule has 0 N–H and O–H groups in total. The van der Waals surface area contributed by atoms with E-state index in [1.807, 2.05) is 0 Å². The van der Waals surface area contributed by atoms with Crippen molar-refractivity contribution < 1.29 is 17.9 Å². The fourth-order valence-electron chi connectivity index (χ4n) is 0.671. The summed E-state index contributed by atoms with van der Waals surface area (Å²) in [5, 5.41) is 0. The molecule has 0 bridgehead atoms. The van der Waals surface area contributed by atoms with Gasteiger partial charge in [-0.05, 0) is 6.92 Å². The second-order valence-electron chi connectivity index (χ2n) is 2.35. The molecule has 0 saturated heterocycles. The zero-order valence-electron chi connectivity index (χ0n) is 6.80. The van der Waals surface area contributed by atoms with E-state index in [-0.39, 0.29) is 5.88 Å². The van der Waals surface area contributed by atoms with Gasteiger partial charge in [0.15, 0.2) is 6.61 Å². The predicted molar refractivity (Wildman–Crippen MR) is 38.3 cm³/mol. The second-order valence-corrected chi connectivity index (χ2v) is 2.35. The second kappa shape index (κ2) is 3.59. The minimum atomic E-state index is -4.33. The van der Waals surface area contributed by atoms with E-state index in [1.54, 1.807) is 6.92 Å². The van der Waals surface area contributed by atoms with Gasteiger partial charge in [-0.3, -0.25) is 0 Å². The summed E-state index contributed by atoms with van der Waals surface area (Å²) in [4.78, 5) is 7.35. The largest absolute Gasteiger partial charge is 0.468 e. The summed E-state index contributed by atoms with van der Waals surface area (Å²) in [6.07, 6.45) is -2.99. The molecular formula is C7H7F3N2O. The zero-order valence-corrected chi connectivity index (χ0v) is 6.80. The Hall–Kier alpha value is -1.33. The number of aromatic nitrogens is 2. The molecule has 0 aliphatic carbocycles. The van der Waals surface area contributed by atoms with Crippen LogP contribution in [0.15, 0.2) is 12.3 Å². The third-order valence-corrected chi connectivity index (χ3v) is 1.13. The van der Waals surface area contributed by atoms with Crippen LogP contribution in [0.3, 0.4) is 0 Å². The molecule has 0 amide bonds. The summed E-state index contributed by atoms with van der Waals surface area (Å²) in [5.41, 5.74) is 0. The SMILES string of the molecule is Cc1nccc(OCC(F)(F)F)n1. The summed E-state index contributed by atoms with van der Waals surface area (Å²) in [6, 6.07) is 1.28. The lowest BCUT2D eigenvalue weighted by atomic mass is 10.6. The van der Waals surface area contributed by atoms with E-state index in [2.05, 4.69) is 14.7 Å². The van der Waals surface area contributed by atoms with Crippen molar-refractivity contribution in [3.8, 4) is 5.88 Å². The molecule has 0 saturated carbocycles. The molecule has 0 unspecified atom stereocenters. The van der Waals surface area contributed by atoms with Gasteiger partial charge >= 0.3 is 6.18 Å². The molecule has 72 valence electrons. The topological polar surface area (TPSA) is 35.0 Å². The molecule has 0 aliphatic rings. The Morgan fingerprint density at radius 2 is 2.15 bits per heavy atom. The molecule has 1 heterocycles. The Kier molecular flexibility index (Phi) is 2.69. The average Bonchev–Trinajstić information content (AvgIpc) is 2.00. The van der Waals surface area contributed by atoms with Gasteiger partial charge in [0.2, 0.25) is 5.88 Å². The van der Waals surface area contributed by atoms with Crippen molar-refractivity contribution in [2.24, 2.45) is 0 Å². The molecule has 0 aliphatic heterocycles. The van der Waals surface area contributed by atoms with Crippen molar-refractivity contribution in [3.05, 3.63) is 18.1 Å². The third kappa shape index (κ3) is 3.73. The van der Waals surface area contributed by atoms with Gasteiger partial charge < -0.3 is 4.74 Å². The Morgan fingerprint density at radius 3 is 2.69 bits per heavy atom. The Morgan fingerprint density at radius 1 is 1.46 bits per heavy atom. The standard InChI is InChI=1S/C7H7F3N2O/c1-5-11-3-2-6(12-5)13-4-7(8,9)10/h2-3H,4H2,1H3. The lowest BCUT2D eigenvalue weighted by molar-refractivity contribution is -0.154. The first-order valence-electron chi connectivity index (χ1n) is 3.46. The Balaban J connectivity index is 2.55. The van der Waals surface area contributed by atoms with Gasteiger partial charge in [-0.15, -0.1) is 0 Å². The Labute approximate surface area is 72.6 Å². The molecular weight excluding hydrogens is 185 g/mol. The predicted octanol–water partition coefficient (Wildman–Crippen LogP) is 1.73. The van der Waals surface area contributed by atoms with Crippen LogP contribution in [0.2, 0.25) is 0 Å². The van der Waals surface area contributed by atoms with E-state index in [4.69, 9.17) is 0 Å². The highest BCUT2D eigenvalue weighted by Crippen LogP contribution is 2.16. The summed E-state index contributed by atoms with van der Waals surface area (Å²) >= 11 is 0. The van der Waals surface area contributed by atoms with Gasteiger partial charge in [0.05, 0.1) is 0 Å². The molecule has 0 spiro atoms. The third-order valence-electron chi connectivity index (χ3n) is 1.13. The van der Waals surface area contributed by atoms with Crippen LogP contribution in [0, 0.1) is 6.92 Å². The number of rotatable bonds is 2. The molecule has 0 radical (unpaired) electrons. The van der Waals surface area contributed by atoms with Gasteiger partial charge in [0, 0.05) is 12.3 Å². The highest BCUT2D eigenvalue weighted by Gasteiger charge is 2.28. The summed E-state index contributed by atoms with van der Waals surface area (Å²) in [7, 11) is 0. The van der Waals surface area contributed by atoms with Crippen molar-refractivity contribution in [3.63, 3.8) is 0 Å². The molecule has 0 aromatic carbocycles. The number of nitrogens with zero attached hydrogens (tertiary/aromatic N) is 2. The average molecular weight is 192 g/mol. The van der Waals surface area contributed by atoms with E-state index in [1.165, 1.54) is 12.3 Å². The first-order valence-corrected chi connectivity index (χ1v) is 3.46. The van der Waals surface area contributed by atoms with Gasteiger partial charge in [-0.25, -0.2) is 4.98 Å². The maximum absolute atomic E-state index is 11.7. The maximum Gasteiger partial charge on any atom is 0.422 e. The first kappa shape index (κ1) is 9.76. The smallest absolute Gasteiger partial charge is 0.422 e.